The number of nitrogens with zero attached hydrogens (tertiary/aromatic N) is 1. The molecule has 0 amide bonds. The summed E-state index contributed by atoms with van der Waals surface area (Å²) >= 11 is 0. The van der Waals surface area contributed by atoms with Gasteiger partial charge in [0.1, 0.15) is 0 Å². The smallest absolute Gasteiger partial charge is 0.182 e. The first-order chi connectivity index (χ1) is 5.33. The van der Waals surface area contributed by atoms with Crippen LogP contribution in [-0.2, 0) is 4.74 Å². The normalized spacial score (nSPS) is 23.5. The number of hydrogen-bond acceptors (Lipinski definition) is 2. The molecule has 0 atom stereocenters. The highest BCUT2D eigenvalue weighted by atomic mass is 16.5. The van der Waals surface area contributed by atoms with Gasteiger partial charge in [-0.05, 0) is 6.92 Å². The SMILES string of the molecule is CC[N+]1(COC)CCNCC1. The van der Waals surface area contributed by atoms with Crippen LogP contribution in [0, 0.1) is 0 Å². The summed E-state index contributed by atoms with van der Waals surface area (Å²) in [4.78, 5) is 0. The van der Waals surface area contributed by atoms with Gasteiger partial charge in [-0.25, -0.2) is 0 Å². The fourth-order valence-corrected chi connectivity index (χ4v) is 1.68. The van der Waals surface area contributed by atoms with E-state index in [4.69, 9.17) is 4.74 Å². The third kappa shape index (κ3) is 2.15. The van der Waals surface area contributed by atoms with E-state index in [9.17, 15) is 0 Å². The topological polar surface area (TPSA) is 21.3 Å². The summed E-state index contributed by atoms with van der Waals surface area (Å²) in [6.07, 6.45) is 0. The Bertz CT molecular complexity index is 105. The van der Waals surface area contributed by atoms with Crippen LogP contribution in [0.25, 0.3) is 0 Å². The molecule has 11 heavy (non-hydrogen) atoms. The predicted octanol–water partition coefficient (Wildman–Crippen LogP) is 0.0302. The summed E-state index contributed by atoms with van der Waals surface area (Å²) in [6.45, 7) is 9.00. The minimum atomic E-state index is 0.873. The molecule has 0 aromatic carbocycles. The minimum Gasteiger partial charge on any atom is -0.335 e. The number of nitrogens with one attached hydrogen (secondary N) is 1. The first-order valence-electron chi connectivity index (χ1n) is 4.38. The van der Waals surface area contributed by atoms with Crippen molar-refractivity contribution in [2.75, 3.05) is 46.6 Å². The van der Waals surface area contributed by atoms with Crippen molar-refractivity contribution in [3.63, 3.8) is 0 Å². The molecule has 3 heteroatoms. The van der Waals surface area contributed by atoms with Crippen LogP contribution in [0.15, 0.2) is 0 Å². The van der Waals surface area contributed by atoms with E-state index in [1.165, 1.54) is 19.6 Å². The quantitative estimate of drug-likeness (QED) is 0.587. The van der Waals surface area contributed by atoms with Crippen molar-refractivity contribution in [3.8, 4) is 0 Å². The number of likely N-dealkylation sites (N-methyl/N-ethyl adjacent to an activating group) is 1. The number of quaternary nitrogens is 1. The summed E-state index contributed by atoms with van der Waals surface area (Å²) in [7, 11) is 1.79. The lowest BCUT2D eigenvalue weighted by molar-refractivity contribution is -0.945. The third-order valence-corrected chi connectivity index (χ3v) is 2.60. The maximum absolute atomic E-state index is 5.22. The Morgan fingerprint density at radius 2 is 2.00 bits per heavy atom. The summed E-state index contributed by atoms with van der Waals surface area (Å²) in [5.74, 6) is 0. The van der Waals surface area contributed by atoms with E-state index >= 15 is 0 Å². The molecule has 1 saturated heterocycles. The number of methoxy groups -OCH3 is 1. The van der Waals surface area contributed by atoms with E-state index in [0.717, 1.165) is 24.3 Å². The second-order valence-corrected chi connectivity index (χ2v) is 3.27. The van der Waals surface area contributed by atoms with Crippen molar-refractivity contribution in [1.82, 2.24) is 5.32 Å². The van der Waals surface area contributed by atoms with Gasteiger partial charge >= 0.3 is 0 Å². The van der Waals surface area contributed by atoms with Crippen molar-refractivity contribution in [3.05, 3.63) is 0 Å². The molecular formula is C8H19N2O+. The Morgan fingerprint density at radius 3 is 2.45 bits per heavy atom. The van der Waals surface area contributed by atoms with E-state index in [2.05, 4.69) is 12.2 Å². The highest BCUT2D eigenvalue weighted by Crippen LogP contribution is 2.07. The molecule has 1 N–H and O–H groups in total. The van der Waals surface area contributed by atoms with E-state index in [1.807, 2.05) is 0 Å². The van der Waals surface area contributed by atoms with Gasteiger partial charge in [-0.15, -0.1) is 0 Å². The zero-order valence-electron chi connectivity index (χ0n) is 7.60. The molecule has 3 nitrogen and oxygen atoms in total. The second-order valence-electron chi connectivity index (χ2n) is 3.27. The van der Waals surface area contributed by atoms with Crippen LogP contribution in [0.4, 0.5) is 0 Å². The third-order valence-electron chi connectivity index (χ3n) is 2.60. The van der Waals surface area contributed by atoms with Gasteiger partial charge in [0.2, 0.25) is 0 Å². The average molecular weight is 159 g/mol. The molecule has 0 aliphatic carbocycles. The van der Waals surface area contributed by atoms with Crippen LogP contribution in [0.5, 0.6) is 0 Å². The maximum atomic E-state index is 5.22. The number of hydrogen-bond donors (Lipinski definition) is 1. The van der Waals surface area contributed by atoms with Crippen molar-refractivity contribution in [2.45, 2.75) is 6.92 Å². The summed E-state index contributed by atoms with van der Waals surface area (Å²) in [5, 5.41) is 3.36. The molecule has 0 spiro atoms. The molecule has 0 aromatic heterocycles. The zero-order chi connectivity index (χ0) is 8.16. The van der Waals surface area contributed by atoms with Gasteiger partial charge in [-0.1, -0.05) is 0 Å². The van der Waals surface area contributed by atoms with E-state index in [-0.39, 0.29) is 0 Å². The number of rotatable bonds is 3. The Morgan fingerprint density at radius 1 is 1.36 bits per heavy atom. The lowest BCUT2D eigenvalue weighted by Gasteiger charge is -2.39. The molecule has 66 valence electrons. The first-order valence-corrected chi connectivity index (χ1v) is 4.38. The van der Waals surface area contributed by atoms with Gasteiger partial charge in [-0.3, -0.25) is 4.48 Å². The summed E-state index contributed by atoms with van der Waals surface area (Å²) < 4.78 is 6.35. The van der Waals surface area contributed by atoms with Crippen molar-refractivity contribution < 1.29 is 9.22 Å². The van der Waals surface area contributed by atoms with Crippen molar-refractivity contribution in [1.29, 1.82) is 0 Å². The predicted molar refractivity (Wildman–Crippen MR) is 45.3 cm³/mol. The standard InChI is InChI=1S/C8H19N2O/c1-3-10(8-11-2)6-4-9-5-7-10/h9H,3-8H2,1-2H3/q+1. The fourth-order valence-electron chi connectivity index (χ4n) is 1.68. The van der Waals surface area contributed by atoms with Crippen LogP contribution in [0.3, 0.4) is 0 Å². The van der Waals surface area contributed by atoms with Crippen LogP contribution in [0.1, 0.15) is 6.92 Å². The summed E-state index contributed by atoms with van der Waals surface area (Å²) in [5.41, 5.74) is 0. The fraction of sp³-hybridized carbons (Fsp3) is 1.00. The molecule has 1 fully saturated rings. The van der Waals surface area contributed by atoms with E-state index in [0.29, 0.717) is 0 Å². The molecule has 1 aliphatic heterocycles. The largest absolute Gasteiger partial charge is 0.335 e. The van der Waals surface area contributed by atoms with Crippen LogP contribution in [0.2, 0.25) is 0 Å². The molecule has 1 aliphatic rings. The van der Waals surface area contributed by atoms with Crippen molar-refractivity contribution >= 4 is 0 Å². The zero-order valence-corrected chi connectivity index (χ0v) is 7.60. The average Bonchev–Trinajstić information content (AvgIpc) is 2.07. The monoisotopic (exact) mass is 159 g/mol. The van der Waals surface area contributed by atoms with Crippen molar-refractivity contribution in [2.24, 2.45) is 0 Å². The Kier molecular flexibility index (Phi) is 3.30. The van der Waals surface area contributed by atoms with Gasteiger partial charge in [0, 0.05) is 20.2 Å². The molecule has 0 radical (unpaired) electrons. The summed E-state index contributed by atoms with van der Waals surface area (Å²) in [6, 6.07) is 0. The van der Waals surface area contributed by atoms with Gasteiger partial charge in [0.25, 0.3) is 0 Å². The molecule has 0 unspecified atom stereocenters. The van der Waals surface area contributed by atoms with E-state index in [1.54, 1.807) is 7.11 Å². The van der Waals surface area contributed by atoms with Crippen LogP contribution >= 0.6 is 0 Å². The lowest BCUT2D eigenvalue weighted by Crippen LogP contribution is -2.59. The van der Waals surface area contributed by atoms with Gasteiger partial charge < -0.3 is 10.1 Å². The minimum absolute atomic E-state index is 0.873. The van der Waals surface area contributed by atoms with Gasteiger partial charge in [-0.2, -0.15) is 0 Å². The molecule has 1 heterocycles. The highest BCUT2D eigenvalue weighted by molar-refractivity contribution is 4.54. The maximum Gasteiger partial charge on any atom is 0.182 e. The molecule has 0 bridgehead atoms. The number of ether oxygens (including phenoxy) is 1. The first kappa shape index (κ1) is 8.97. The Hall–Kier alpha value is -0.120. The highest BCUT2D eigenvalue weighted by Gasteiger charge is 2.26. The van der Waals surface area contributed by atoms with Crippen LogP contribution < -0.4 is 5.32 Å². The molecule has 0 aromatic rings. The second kappa shape index (κ2) is 4.04. The van der Waals surface area contributed by atoms with Gasteiger partial charge in [0.15, 0.2) is 6.73 Å². The Balaban J connectivity index is 2.42. The van der Waals surface area contributed by atoms with Gasteiger partial charge in [0.05, 0.1) is 19.6 Å². The molecular weight excluding hydrogens is 140 g/mol. The lowest BCUT2D eigenvalue weighted by atomic mass is 10.3. The molecule has 1 rings (SSSR count). The van der Waals surface area contributed by atoms with E-state index < -0.39 is 0 Å². The Labute approximate surface area is 68.9 Å². The van der Waals surface area contributed by atoms with Crippen LogP contribution in [-0.4, -0.2) is 51.0 Å². The number of piperazine rings is 1. The molecule has 0 saturated carbocycles.